The van der Waals surface area contributed by atoms with Gasteiger partial charge in [-0.25, -0.2) is 4.98 Å². The molecular weight excluding hydrogens is 409 g/mol. The van der Waals surface area contributed by atoms with E-state index in [9.17, 15) is 13.2 Å². The van der Waals surface area contributed by atoms with Crippen LogP contribution in [0.5, 0.6) is 11.6 Å². The predicted molar refractivity (Wildman–Crippen MR) is 113 cm³/mol. The number of rotatable bonds is 4. The van der Waals surface area contributed by atoms with Gasteiger partial charge in [-0.3, -0.25) is 4.98 Å². The molecular formula is C23H17F3N2OS. The maximum absolute atomic E-state index is 13.5. The molecule has 4 aromatic rings. The molecule has 7 heteroatoms. The number of aromatic nitrogens is 2. The number of pyridine rings is 2. The molecule has 30 heavy (non-hydrogen) atoms. The van der Waals surface area contributed by atoms with Gasteiger partial charge in [0, 0.05) is 28.7 Å². The summed E-state index contributed by atoms with van der Waals surface area (Å²) in [6.07, 6.45) is 0.637. The summed E-state index contributed by atoms with van der Waals surface area (Å²) in [5, 5.41) is 0.449. The molecule has 0 bridgehead atoms. The van der Waals surface area contributed by atoms with Crippen LogP contribution in [0.4, 0.5) is 13.2 Å². The van der Waals surface area contributed by atoms with Gasteiger partial charge >= 0.3 is 6.18 Å². The molecule has 0 N–H and O–H groups in total. The van der Waals surface area contributed by atoms with E-state index in [1.165, 1.54) is 12.3 Å². The third-order valence-electron chi connectivity index (χ3n) is 4.68. The smallest absolute Gasteiger partial charge is 0.418 e. The van der Waals surface area contributed by atoms with Crippen molar-refractivity contribution in [2.45, 2.75) is 18.0 Å². The van der Waals surface area contributed by atoms with Gasteiger partial charge < -0.3 is 4.74 Å². The first-order valence-electron chi connectivity index (χ1n) is 9.10. The van der Waals surface area contributed by atoms with Crippen LogP contribution < -0.4 is 4.74 Å². The molecule has 2 aromatic carbocycles. The first-order chi connectivity index (χ1) is 14.4. The van der Waals surface area contributed by atoms with Crippen molar-refractivity contribution in [3.8, 4) is 22.8 Å². The van der Waals surface area contributed by atoms with Crippen LogP contribution in [0.15, 0.2) is 71.9 Å². The third-order valence-corrected chi connectivity index (χ3v) is 5.40. The lowest BCUT2D eigenvalue weighted by Gasteiger charge is -2.15. The second kappa shape index (κ2) is 7.99. The molecule has 152 valence electrons. The molecule has 3 nitrogen and oxygen atoms in total. The highest BCUT2D eigenvalue weighted by Crippen LogP contribution is 2.39. The fourth-order valence-electron chi connectivity index (χ4n) is 3.34. The fraction of sp³-hybridized carbons (Fsp3) is 0.130. The Morgan fingerprint density at radius 3 is 2.53 bits per heavy atom. The van der Waals surface area contributed by atoms with Gasteiger partial charge in [0.1, 0.15) is 5.75 Å². The number of fused-ring (bicyclic) bond motifs is 1. The number of para-hydroxylation sites is 1. The number of alkyl halides is 3. The summed E-state index contributed by atoms with van der Waals surface area (Å²) >= 11 is 1.58. The van der Waals surface area contributed by atoms with Gasteiger partial charge in [0.15, 0.2) is 0 Å². The highest BCUT2D eigenvalue weighted by molar-refractivity contribution is 7.98. The minimum absolute atomic E-state index is 0.0636. The van der Waals surface area contributed by atoms with Crippen molar-refractivity contribution in [3.05, 3.63) is 78.1 Å². The number of hydrogen-bond donors (Lipinski definition) is 0. The molecule has 0 unspecified atom stereocenters. The largest absolute Gasteiger partial charge is 0.439 e. The summed E-state index contributed by atoms with van der Waals surface area (Å²) in [5.74, 6) is 1.00. The number of ether oxygens (including phenoxy) is 1. The number of hydrogen-bond acceptors (Lipinski definition) is 4. The van der Waals surface area contributed by atoms with Crippen LogP contribution in [0.1, 0.15) is 11.1 Å². The van der Waals surface area contributed by atoms with E-state index >= 15 is 0 Å². The van der Waals surface area contributed by atoms with Gasteiger partial charge in [0.25, 0.3) is 0 Å². The first-order valence-corrected chi connectivity index (χ1v) is 10.3. The molecule has 0 amide bonds. The van der Waals surface area contributed by atoms with Gasteiger partial charge in [-0.15, -0.1) is 11.8 Å². The van der Waals surface area contributed by atoms with E-state index in [-0.39, 0.29) is 5.52 Å². The zero-order chi connectivity index (χ0) is 21.3. The first kappa shape index (κ1) is 20.2. The fourth-order valence-corrected chi connectivity index (χ4v) is 3.76. The second-order valence-corrected chi connectivity index (χ2v) is 7.56. The average Bonchev–Trinajstić information content (AvgIpc) is 2.73. The Balaban J connectivity index is 1.81. The van der Waals surface area contributed by atoms with Crippen molar-refractivity contribution in [3.63, 3.8) is 0 Å². The molecule has 0 fully saturated rings. The van der Waals surface area contributed by atoms with Gasteiger partial charge in [0.2, 0.25) is 5.88 Å². The predicted octanol–water partition coefficient (Wildman–Crippen LogP) is 7.14. The topological polar surface area (TPSA) is 35.0 Å². The Kier molecular flexibility index (Phi) is 5.39. The number of benzene rings is 2. The van der Waals surface area contributed by atoms with Crippen LogP contribution in [-0.2, 0) is 6.18 Å². The van der Waals surface area contributed by atoms with E-state index in [0.29, 0.717) is 22.6 Å². The van der Waals surface area contributed by atoms with Crippen LogP contribution in [0.2, 0.25) is 0 Å². The average molecular weight is 426 g/mol. The lowest BCUT2D eigenvalue weighted by Crippen LogP contribution is -2.07. The minimum atomic E-state index is -4.47. The molecule has 0 saturated heterocycles. The van der Waals surface area contributed by atoms with E-state index in [1.807, 2.05) is 37.4 Å². The lowest BCUT2D eigenvalue weighted by atomic mass is 9.95. The van der Waals surface area contributed by atoms with Crippen molar-refractivity contribution >= 4 is 22.7 Å². The van der Waals surface area contributed by atoms with E-state index in [2.05, 4.69) is 9.97 Å². The lowest BCUT2D eigenvalue weighted by molar-refractivity contribution is -0.136. The quantitative estimate of drug-likeness (QED) is 0.325. The monoisotopic (exact) mass is 426 g/mol. The number of aryl methyl sites for hydroxylation is 1. The highest BCUT2D eigenvalue weighted by atomic mass is 32.2. The molecule has 2 aromatic heterocycles. The molecule has 0 aliphatic heterocycles. The number of halogens is 3. The van der Waals surface area contributed by atoms with Crippen molar-refractivity contribution in [1.29, 1.82) is 0 Å². The molecule has 4 rings (SSSR count). The molecule has 0 radical (unpaired) electrons. The Bertz CT molecular complexity index is 1220. The maximum Gasteiger partial charge on any atom is 0.418 e. The maximum atomic E-state index is 13.5. The van der Waals surface area contributed by atoms with Crippen LogP contribution in [0, 0.1) is 6.92 Å². The molecule has 0 saturated carbocycles. The van der Waals surface area contributed by atoms with Gasteiger partial charge in [0.05, 0.1) is 11.1 Å². The van der Waals surface area contributed by atoms with Gasteiger partial charge in [-0.2, -0.15) is 13.2 Å². The van der Waals surface area contributed by atoms with E-state index in [4.69, 9.17) is 4.74 Å². The van der Waals surface area contributed by atoms with Crippen molar-refractivity contribution in [2.75, 3.05) is 6.26 Å². The summed E-state index contributed by atoms with van der Waals surface area (Å²) in [6, 6.07) is 15.1. The Morgan fingerprint density at radius 2 is 1.77 bits per heavy atom. The molecule has 2 heterocycles. The van der Waals surface area contributed by atoms with Crippen molar-refractivity contribution < 1.29 is 17.9 Å². The van der Waals surface area contributed by atoms with Crippen molar-refractivity contribution in [1.82, 2.24) is 9.97 Å². The number of thioether (sulfide) groups is 1. The zero-order valence-corrected chi connectivity index (χ0v) is 17.0. The van der Waals surface area contributed by atoms with Crippen LogP contribution in [0.25, 0.3) is 22.0 Å². The van der Waals surface area contributed by atoms with E-state index < -0.39 is 11.7 Å². The molecule has 0 aliphatic rings. The molecule has 0 spiro atoms. The standard InChI is InChI=1S/C23H17F3N2OS/c1-14-13-28-22-18(7-4-8-19(22)23(24,25)26)21(14)15-5-3-6-16(11-15)29-20-12-17(30-2)9-10-27-20/h3-13H,1-2H3. The van der Waals surface area contributed by atoms with Crippen LogP contribution >= 0.6 is 11.8 Å². The van der Waals surface area contributed by atoms with Gasteiger partial charge in [-0.05, 0) is 54.1 Å². The normalized spacial score (nSPS) is 11.6. The highest BCUT2D eigenvalue weighted by Gasteiger charge is 2.33. The third kappa shape index (κ3) is 3.98. The van der Waals surface area contributed by atoms with Crippen molar-refractivity contribution in [2.24, 2.45) is 0 Å². The summed E-state index contributed by atoms with van der Waals surface area (Å²) in [4.78, 5) is 9.32. The van der Waals surface area contributed by atoms with E-state index in [1.54, 1.807) is 36.2 Å². The summed E-state index contributed by atoms with van der Waals surface area (Å²) in [6.45, 7) is 1.83. The Labute approximate surface area is 175 Å². The minimum Gasteiger partial charge on any atom is -0.439 e. The van der Waals surface area contributed by atoms with Gasteiger partial charge in [-0.1, -0.05) is 24.3 Å². The molecule has 0 aliphatic carbocycles. The summed E-state index contributed by atoms with van der Waals surface area (Å²) < 4.78 is 46.2. The van der Waals surface area contributed by atoms with Crippen LogP contribution in [0.3, 0.4) is 0 Å². The Hall–Kier alpha value is -3.06. The van der Waals surface area contributed by atoms with E-state index in [0.717, 1.165) is 22.1 Å². The zero-order valence-electron chi connectivity index (χ0n) is 16.2. The summed E-state index contributed by atoms with van der Waals surface area (Å²) in [5.41, 5.74) is 1.42. The second-order valence-electron chi connectivity index (χ2n) is 6.68. The number of nitrogens with zero attached hydrogens (tertiary/aromatic N) is 2. The summed E-state index contributed by atoms with van der Waals surface area (Å²) in [7, 11) is 0. The Morgan fingerprint density at radius 1 is 0.967 bits per heavy atom. The molecule has 0 atom stereocenters. The van der Waals surface area contributed by atoms with Crippen LogP contribution in [-0.4, -0.2) is 16.2 Å². The SMILES string of the molecule is CSc1ccnc(Oc2cccc(-c3c(C)cnc4c(C(F)(F)F)cccc34)c2)c1.